The van der Waals surface area contributed by atoms with Crippen LogP contribution < -0.4 is 17.0 Å². The number of nitrogens with two attached hydrogens (primary N) is 2. The van der Waals surface area contributed by atoms with Crippen molar-refractivity contribution in [1.29, 1.82) is 0 Å². The van der Waals surface area contributed by atoms with E-state index in [-0.39, 0.29) is 11.3 Å². The quantitative estimate of drug-likeness (QED) is 0.453. The summed E-state index contributed by atoms with van der Waals surface area (Å²) >= 11 is 0. The van der Waals surface area contributed by atoms with Crippen LogP contribution in [-0.4, -0.2) is 6.61 Å². The number of anilines is 1. The first kappa shape index (κ1) is 14.7. The van der Waals surface area contributed by atoms with Crippen molar-refractivity contribution in [3.8, 4) is 0 Å². The average molecular weight is 287 g/mol. The summed E-state index contributed by atoms with van der Waals surface area (Å²) in [5, 5.41) is 0. The summed E-state index contributed by atoms with van der Waals surface area (Å²) in [6.45, 7) is 0.517. The molecular weight excluding hydrogens is 271 g/mol. The fourth-order valence-corrected chi connectivity index (χ4v) is 2.10. The predicted molar refractivity (Wildman–Crippen MR) is 69.2 cm³/mol. The first-order valence-electron chi connectivity index (χ1n) is 6.19. The van der Waals surface area contributed by atoms with Crippen molar-refractivity contribution in [1.82, 2.24) is 5.43 Å². The molecule has 1 aromatic rings. The molecule has 1 unspecified atom stereocenters. The smallest absolute Gasteiger partial charge is 0.416 e. The van der Waals surface area contributed by atoms with Crippen molar-refractivity contribution in [3.63, 3.8) is 0 Å². The maximum absolute atomic E-state index is 12.8. The number of hydrogen-bond acceptors (Lipinski definition) is 4. The van der Waals surface area contributed by atoms with Crippen LogP contribution in [0, 0.1) is 0 Å². The monoisotopic (exact) mass is 287 g/mol. The van der Waals surface area contributed by atoms with Crippen LogP contribution in [0.25, 0.3) is 0 Å². The Morgan fingerprint density at radius 2 is 2.05 bits per heavy atom. The minimum Gasteiger partial charge on any atom is -0.496 e. The zero-order chi connectivity index (χ0) is 14.8. The van der Waals surface area contributed by atoms with Gasteiger partial charge in [0.1, 0.15) is 11.8 Å². The van der Waals surface area contributed by atoms with Gasteiger partial charge < -0.3 is 10.5 Å². The molecular formula is C13H16F3N3O. The molecule has 1 heterocycles. The second kappa shape index (κ2) is 5.72. The highest BCUT2D eigenvalue weighted by Crippen LogP contribution is 2.35. The number of halogens is 3. The Morgan fingerprint density at radius 1 is 1.30 bits per heavy atom. The maximum atomic E-state index is 12.8. The molecule has 0 saturated carbocycles. The number of allylic oxidation sites excluding steroid dienone is 1. The SMILES string of the molecule is NNC(C1=CCCCO1)c1cc(C(F)(F)F)ccc1N. The normalized spacial score (nSPS) is 17.3. The molecule has 0 radical (unpaired) electrons. The molecule has 0 aromatic heterocycles. The van der Waals surface area contributed by atoms with Gasteiger partial charge in [0, 0.05) is 11.3 Å². The maximum Gasteiger partial charge on any atom is 0.416 e. The molecule has 110 valence electrons. The summed E-state index contributed by atoms with van der Waals surface area (Å²) in [6, 6.07) is 2.49. The second-order valence-corrected chi connectivity index (χ2v) is 4.54. The number of nitrogen functional groups attached to an aromatic ring is 1. The van der Waals surface area contributed by atoms with Gasteiger partial charge in [-0.05, 0) is 37.1 Å². The largest absolute Gasteiger partial charge is 0.496 e. The summed E-state index contributed by atoms with van der Waals surface area (Å²) in [5.41, 5.74) is 7.96. The lowest BCUT2D eigenvalue weighted by atomic mass is 9.99. The van der Waals surface area contributed by atoms with E-state index in [1.54, 1.807) is 0 Å². The molecule has 4 nitrogen and oxygen atoms in total. The van der Waals surface area contributed by atoms with Gasteiger partial charge in [-0.1, -0.05) is 0 Å². The van der Waals surface area contributed by atoms with Crippen molar-refractivity contribution in [2.24, 2.45) is 5.84 Å². The molecule has 0 amide bonds. The van der Waals surface area contributed by atoms with Crippen molar-refractivity contribution in [2.75, 3.05) is 12.3 Å². The van der Waals surface area contributed by atoms with Crippen LogP contribution in [-0.2, 0) is 10.9 Å². The lowest BCUT2D eigenvalue weighted by Gasteiger charge is -2.25. The zero-order valence-corrected chi connectivity index (χ0v) is 10.7. The lowest BCUT2D eigenvalue weighted by molar-refractivity contribution is -0.137. The average Bonchev–Trinajstić information content (AvgIpc) is 2.41. The van der Waals surface area contributed by atoms with Crippen molar-refractivity contribution in [2.45, 2.75) is 25.1 Å². The van der Waals surface area contributed by atoms with E-state index in [1.165, 1.54) is 6.07 Å². The number of hydrazine groups is 1. The Bertz CT molecular complexity index is 514. The van der Waals surface area contributed by atoms with Gasteiger partial charge in [-0.3, -0.25) is 5.84 Å². The molecule has 0 bridgehead atoms. The third-order valence-electron chi connectivity index (χ3n) is 3.14. The number of hydrogen-bond donors (Lipinski definition) is 3. The van der Waals surface area contributed by atoms with E-state index < -0.39 is 17.8 Å². The molecule has 7 heteroatoms. The highest BCUT2D eigenvalue weighted by molar-refractivity contribution is 5.52. The number of rotatable bonds is 3. The summed E-state index contributed by atoms with van der Waals surface area (Å²) < 4.78 is 43.8. The standard InChI is InChI=1S/C13H16F3N3O/c14-13(15,16)8-4-5-10(17)9(7-8)12(19-18)11-3-1-2-6-20-11/h3-5,7,12,19H,1-2,6,17-18H2. The van der Waals surface area contributed by atoms with Crippen LogP contribution in [0.1, 0.15) is 30.0 Å². The van der Waals surface area contributed by atoms with E-state index in [4.69, 9.17) is 16.3 Å². The Hall–Kier alpha value is -1.73. The minimum atomic E-state index is -4.43. The fraction of sp³-hybridized carbons (Fsp3) is 0.385. The van der Waals surface area contributed by atoms with E-state index in [9.17, 15) is 13.2 Å². The molecule has 1 aliphatic rings. The van der Waals surface area contributed by atoms with Gasteiger partial charge >= 0.3 is 6.18 Å². The molecule has 0 saturated heterocycles. The first-order chi connectivity index (χ1) is 9.43. The topological polar surface area (TPSA) is 73.3 Å². The van der Waals surface area contributed by atoms with Gasteiger partial charge in [0.15, 0.2) is 0 Å². The summed E-state index contributed by atoms with van der Waals surface area (Å²) in [7, 11) is 0. The molecule has 0 aliphatic carbocycles. The van der Waals surface area contributed by atoms with Crippen LogP contribution in [0.4, 0.5) is 18.9 Å². The number of nitrogens with one attached hydrogen (secondary N) is 1. The van der Waals surface area contributed by atoms with Crippen LogP contribution in [0.5, 0.6) is 0 Å². The molecule has 2 rings (SSSR count). The molecule has 20 heavy (non-hydrogen) atoms. The summed E-state index contributed by atoms with van der Waals surface area (Å²) in [6.07, 6.45) is -0.942. The number of benzene rings is 1. The number of ether oxygens (including phenoxy) is 1. The fourth-order valence-electron chi connectivity index (χ4n) is 2.10. The first-order valence-corrected chi connectivity index (χ1v) is 6.19. The van der Waals surface area contributed by atoms with Crippen LogP contribution >= 0.6 is 0 Å². The van der Waals surface area contributed by atoms with Crippen molar-refractivity contribution < 1.29 is 17.9 Å². The van der Waals surface area contributed by atoms with Gasteiger partial charge in [0.25, 0.3) is 0 Å². The van der Waals surface area contributed by atoms with Crippen LogP contribution in [0.15, 0.2) is 30.0 Å². The molecule has 0 spiro atoms. The van der Waals surface area contributed by atoms with E-state index in [0.29, 0.717) is 12.4 Å². The Morgan fingerprint density at radius 3 is 2.60 bits per heavy atom. The van der Waals surface area contributed by atoms with E-state index >= 15 is 0 Å². The Labute approximate surface area is 114 Å². The number of alkyl halides is 3. The van der Waals surface area contributed by atoms with Gasteiger partial charge in [-0.15, -0.1) is 0 Å². The van der Waals surface area contributed by atoms with Crippen LogP contribution in [0.3, 0.4) is 0 Å². The van der Waals surface area contributed by atoms with Crippen molar-refractivity contribution >= 4 is 5.69 Å². The van der Waals surface area contributed by atoms with Crippen molar-refractivity contribution in [3.05, 3.63) is 41.2 Å². The highest BCUT2D eigenvalue weighted by Gasteiger charge is 2.32. The van der Waals surface area contributed by atoms with E-state index in [0.717, 1.165) is 25.0 Å². The lowest BCUT2D eigenvalue weighted by Crippen LogP contribution is -2.32. The van der Waals surface area contributed by atoms with Gasteiger partial charge in [0.2, 0.25) is 0 Å². The van der Waals surface area contributed by atoms with Gasteiger partial charge in [0.05, 0.1) is 12.2 Å². The van der Waals surface area contributed by atoms with Crippen LogP contribution in [0.2, 0.25) is 0 Å². The molecule has 1 atom stereocenters. The summed E-state index contributed by atoms with van der Waals surface area (Å²) in [4.78, 5) is 0. The third-order valence-corrected chi connectivity index (χ3v) is 3.14. The molecule has 0 fully saturated rings. The summed E-state index contributed by atoms with van der Waals surface area (Å²) in [5.74, 6) is 5.96. The van der Waals surface area contributed by atoms with E-state index in [2.05, 4.69) is 5.43 Å². The predicted octanol–water partition coefficient (Wildman–Crippen LogP) is 2.49. The van der Waals surface area contributed by atoms with Gasteiger partial charge in [-0.2, -0.15) is 13.2 Å². The minimum absolute atomic E-state index is 0.232. The zero-order valence-electron chi connectivity index (χ0n) is 10.7. The highest BCUT2D eigenvalue weighted by atomic mass is 19.4. The molecule has 1 aromatic carbocycles. The van der Waals surface area contributed by atoms with Gasteiger partial charge in [-0.25, -0.2) is 5.43 Å². The second-order valence-electron chi connectivity index (χ2n) is 4.54. The Kier molecular flexibility index (Phi) is 4.20. The van der Waals surface area contributed by atoms with E-state index in [1.807, 2.05) is 6.08 Å². The third kappa shape index (κ3) is 3.05. The molecule has 1 aliphatic heterocycles. The Balaban J connectivity index is 2.40. The molecule has 5 N–H and O–H groups in total.